The predicted octanol–water partition coefficient (Wildman–Crippen LogP) is 3.25. The van der Waals surface area contributed by atoms with E-state index in [1.54, 1.807) is 30.5 Å². The number of carbonyl (C=O) groups excluding carboxylic acids is 1. The summed E-state index contributed by atoms with van der Waals surface area (Å²) in [6.45, 7) is 2.67. The van der Waals surface area contributed by atoms with E-state index in [1.165, 1.54) is 0 Å². The van der Waals surface area contributed by atoms with Crippen molar-refractivity contribution in [3.8, 4) is 0 Å². The largest absolute Gasteiger partial charge is 0.348 e. The number of benzene rings is 1. The molecule has 0 aliphatic rings. The first-order valence-corrected chi connectivity index (χ1v) is 8.48. The number of aromatic nitrogens is 3. The summed E-state index contributed by atoms with van der Waals surface area (Å²) in [4.78, 5) is 21.6. The zero-order valence-corrected chi connectivity index (χ0v) is 14.1. The molecule has 0 aliphatic heterocycles. The second-order valence-corrected chi connectivity index (χ2v) is 6.52. The Bertz CT molecular complexity index is 773. The maximum atomic E-state index is 12.3. The fourth-order valence-electron chi connectivity index (χ4n) is 2.27. The Morgan fingerprint density at radius 1 is 1.21 bits per heavy atom. The van der Waals surface area contributed by atoms with Gasteiger partial charge >= 0.3 is 0 Å². The van der Waals surface area contributed by atoms with Gasteiger partial charge in [-0.3, -0.25) is 4.79 Å². The van der Waals surface area contributed by atoms with Gasteiger partial charge in [0, 0.05) is 41.6 Å². The van der Waals surface area contributed by atoms with Gasteiger partial charge in [-0.05, 0) is 43.3 Å². The molecule has 3 rings (SSSR count). The molecule has 0 saturated heterocycles. The second kappa shape index (κ2) is 7.79. The Hall–Kier alpha value is -2.60. The number of carbonyl (C=O) groups is 1. The van der Waals surface area contributed by atoms with Gasteiger partial charge in [-0.15, -0.1) is 0 Å². The molecule has 1 atom stereocenters. The fraction of sp³-hybridized carbons (Fsp3) is 0.167. The van der Waals surface area contributed by atoms with Gasteiger partial charge in [0.15, 0.2) is 0 Å². The molecule has 0 fully saturated rings. The number of imidazole rings is 1. The highest BCUT2D eigenvalue weighted by molar-refractivity contribution is 7.99. The number of nitrogens with one attached hydrogen (secondary N) is 1. The zero-order chi connectivity index (χ0) is 16.8. The number of rotatable bonds is 6. The summed E-state index contributed by atoms with van der Waals surface area (Å²) >= 11 is 1.57. The van der Waals surface area contributed by atoms with E-state index in [0.717, 1.165) is 9.92 Å². The number of pyridine rings is 1. The topological polar surface area (TPSA) is 59.8 Å². The van der Waals surface area contributed by atoms with E-state index in [2.05, 4.69) is 15.3 Å². The molecule has 24 heavy (non-hydrogen) atoms. The van der Waals surface area contributed by atoms with Gasteiger partial charge in [0.2, 0.25) is 0 Å². The van der Waals surface area contributed by atoms with Crippen LogP contribution in [0.1, 0.15) is 17.3 Å². The van der Waals surface area contributed by atoms with Gasteiger partial charge in [-0.2, -0.15) is 0 Å². The maximum absolute atomic E-state index is 12.3. The molecule has 0 aliphatic carbocycles. The number of nitrogens with zero attached hydrogens (tertiary/aromatic N) is 3. The Balaban J connectivity index is 1.57. The van der Waals surface area contributed by atoms with Gasteiger partial charge in [0.1, 0.15) is 5.03 Å². The lowest BCUT2D eigenvalue weighted by atomic mass is 10.2. The molecule has 3 aromatic rings. The van der Waals surface area contributed by atoms with E-state index in [-0.39, 0.29) is 11.9 Å². The van der Waals surface area contributed by atoms with Gasteiger partial charge < -0.3 is 9.88 Å². The van der Waals surface area contributed by atoms with Crippen LogP contribution < -0.4 is 5.32 Å². The zero-order valence-electron chi connectivity index (χ0n) is 13.3. The molecule has 1 unspecified atom stereocenters. The van der Waals surface area contributed by atoms with Crippen LogP contribution in [0, 0.1) is 0 Å². The van der Waals surface area contributed by atoms with Crippen molar-refractivity contribution in [1.29, 1.82) is 0 Å². The minimum atomic E-state index is -0.0722. The fourth-order valence-corrected chi connectivity index (χ4v) is 3.04. The molecule has 0 saturated carbocycles. The second-order valence-electron chi connectivity index (χ2n) is 5.43. The van der Waals surface area contributed by atoms with Crippen molar-refractivity contribution in [3.05, 3.63) is 72.9 Å². The Kier molecular flexibility index (Phi) is 5.28. The quantitative estimate of drug-likeness (QED) is 0.749. The van der Waals surface area contributed by atoms with Crippen molar-refractivity contribution in [3.63, 3.8) is 0 Å². The number of hydrogen-bond donors (Lipinski definition) is 1. The summed E-state index contributed by atoms with van der Waals surface area (Å²) in [6.07, 6.45) is 7.12. The van der Waals surface area contributed by atoms with Crippen molar-refractivity contribution < 1.29 is 4.79 Å². The Labute approximate surface area is 145 Å². The van der Waals surface area contributed by atoms with Crippen LogP contribution in [0.4, 0.5) is 0 Å². The van der Waals surface area contributed by atoms with Gasteiger partial charge in [-0.1, -0.05) is 17.8 Å². The first kappa shape index (κ1) is 16.3. The van der Waals surface area contributed by atoms with Crippen LogP contribution in [-0.2, 0) is 6.54 Å². The maximum Gasteiger partial charge on any atom is 0.251 e. The average Bonchev–Trinajstić information content (AvgIpc) is 3.09. The van der Waals surface area contributed by atoms with Crippen molar-refractivity contribution in [2.24, 2.45) is 0 Å². The van der Waals surface area contributed by atoms with E-state index >= 15 is 0 Å². The molecule has 122 valence electrons. The SMILES string of the molecule is CC(Cn1ccnc1)NC(=O)c1ccc(Sc2ccccn2)cc1. The van der Waals surface area contributed by atoms with Crippen LogP contribution in [0.2, 0.25) is 0 Å². The van der Waals surface area contributed by atoms with Crippen molar-refractivity contribution >= 4 is 17.7 Å². The molecule has 6 heteroatoms. The molecule has 2 aromatic heterocycles. The summed E-state index contributed by atoms with van der Waals surface area (Å²) in [5.74, 6) is -0.0722. The van der Waals surface area contributed by atoms with Crippen molar-refractivity contribution in [2.75, 3.05) is 0 Å². The standard InChI is InChI=1S/C18H18N4OS/c1-14(12-22-11-10-19-13-22)21-18(23)15-5-7-16(8-6-15)24-17-4-2-3-9-20-17/h2-11,13-14H,12H2,1H3,(H,21,23). The summed E-state index contributed by atoms with van der Waals surface area (Å²) in [5, 5.41) is 3.93. The first-order chi connectivity index (χ1) is 11.7. The van der Waals surface area contributed by atoms with Crippen LogP contribution in [0.5, 0.6) is 0 Å². The van der Waals surface area contributed by atoms with Crippen molar-refractivity contribution in [2.45, 2.75) is 29.4 Å². The summed E-state index contributed by atoms with van der Waals surface area (Å²) in [7, 11) is 0. The van der Waals surface area contributed by atoms with Gasteiger partial charge in [-0.25, -0.2) is 9.97 Å². The van der Waals surface area contributed by atoms with Crippen LogP contribution in [0.3, 0.4) is 0 Å². The third-order valence-corrected chi connectivity index (χ3v) is 4.36. The summed E-state index contributed by atoms with van der Waals surface area (Å²) in [5.41, 5.74) is 0.651. The normalized spacial score (nSPS) is 11.9. The van der Waals surface area contributed by atoms with E-state index in [1.807, 2.05) is 60.2 Å². The van der Waals surface area contributed by atoms with E-state index in [0.29, 0.717) is 12.1 Å². The van der Waals surface area contributed by atoms with Gasteiger partial charge in [0.05, 0.1) is 6.33 Å². The number of amides is 1. The molecule has 0 radical (unpaired) electrons. The third kappa shape index (κ3) is 4.45. The molecule has 1 amide bonds. The molecule has 1 N–H and O–H groups in total. The highest BCUT2D eigenvalue weighted by atomic mass is 32.2. The molecule has 2 heterocycles. The molecular weight excluding hydrogens is 320 g/mol. The number of hydrogen-bond acceptors (Lipinski definition) is 4. The molecular formula is C18H18N4OS. The Morgan fingerprint density at radius 3 is 2.71 bits per heavy atom. The lowest BCUT2D eigenvalue weighted by molar-refractivity contribution is 0.0936. The van der Waals surface area contributed by atoms with Crippen molar-refractivity contribution in [1.82, 2.24) is 19.9 Å². The van der Waals surface area contributed by atoms with Crippen LogP contribution in [0.25, 0.3) is 0 Å². The smallest absolute Gasteiger partial charge is 0.251 e. The highest BCUT2D eigenvalue weighted by Gasteiger charge is 2.10. The average molecular weight is 338 g/mol. The highest BCUT2D eigenvalue weighted by Crippen LogP contribution is 2.25. The van der Waals surface area contributed by atoms with E-state index < -0.39 is 0 Å². The lowest BCUT2D eigenvalue weighted by Gasteiger charge is -2.14. The molecule has 1 aromatic carbocycles. The van der Waals surface area contributed by atoms with Crippen LogP contribution in [0.15, 0.2) is 77.3 Å². The molecule has 5 nitrogen and oxygen atoms in total. The lowest BCUT2D eigenvalue weighted by Crippen LogP contribution is -2.35. The minimum absolute atomic E-state index is 0.0225. The summed E-state index contributed by atoms with van der Waals surface area (Å²) in [6, 6.07) is 13.4. The van der Waals surface area contributed by atoms with E-state index in [4.69, 9.17) is 0 Å². The summed E-state index contributed by atoms with van der Waals surface area (Å²) < 4.78 is 1.94. The van der Waals surface area contributed by atoms with Crippen LogP contribution >= 0.6 is 11.8 Å². The third-order valence-electron chi connectivity index (χ3n) is 3.40. The molecule has 0 spiro atoms. The van der Waals surface area contributed by atoms with E-state index in [9.17, 15) is 4.79 Å². The Morgan fingerprint density at radius 2 is 2.04 bits per heavy atom. The van der Waals surface area contributed by atoms with Crippen LogP contribution in [-0.4, -0.2) is 26.5 Å². The monoisotopic (exact) mass is 338 g/mol. The van der Waals surface area contributed by atoms with Gasteiger partial charge in [0.25, 0.3) is 5.91 Å². The minimum Gasteiger partial charge on any atom is -0.348 e. The first-order valence-electron chi connectivity index (χ1n) is 7.66. The predicted molar refractivity (Wildman–Crippen MR) is 94.0 cm³/mol. The molecule has 0 bridgehead atoms.